The maximum atomic E-state index is 11.9. The van der Waals surface area contributed by atoms with Gasteiger partial charge in [0.15, 0.2) is 0 Å². The van der Waals surface area contributed by atoms with E-state index in [0.717, 1.165) is 11.8 Å². The molecular weight excluding hydrogens is 242 g/mol. The first kappa shape index (κ1) is 13.5. The van der Waals surface area contributed by atoms with E-state index in [1.54, 1.807) is 16.7 Å². The first-order chi connectivity index (χ1) is 9.13. The highest BCUT2D eigenvalue weighted by Crippen LogP contribution is 2.17. The van der Waals surface area contributed by atoms with E-state index in [0.29, 0.717) is 24.7 Å². The third-order valence-electron chi connectivity index (χ3n) is 2.87. The van der Waals surface area contributed by atoms with Gasteiger partial charge in [0.1, 0.15) is 5.65 Å². The number of fused-ring (bicyclic) bond motifs is 1. The number of hydrogen-bond donors (Lipinski definition) is 1. The highest BCUT2D eigenvalue weighted by molar-refractivity contribution is 5.75. The summed E-state index contributed by atoms with van der Waals surface area (Å²) in [7, 11) is 0. The molecule has 0 unspecified atom stereocenters. The second kappa shape index (κ2) is 5.84. The Bertz CT molecular complexity index is 620. The predicted molar refractivity (Wildman–Crippen MR) is 75.6 cm³/mol. The Hall–Kier alpha value is -1.88. The maximum absolute atomic E-state index is 11.9. The largest absolute Gasteiger partial charge is 0.478 e. The Balaban J connectivity index is 2.44. The molecule has 2 aromatic rings. The number of hydrogen-bond acceptors (Lipinski definition) is 4. The van der Waals surface area contributed by atoms with Crippen LogP contribution in [0.15, 0.2) is 29.1 Å². The summed E-state index contributed by atoms with van der Waals surface area (Å²) < 4.78 is 7.19. The standard InChI is InChI=1S/C14H19N3O2/c1-10(2)17-13(18)7-5-11-4-6-12(16-14(11)17)19-9-3-8-15/h4-7,10H,3,8-9,15H2,1-2H3. The molecule has 0 saturated heterocycles. The molecule has 2 rings (SSSR count). The fraction of sp³-hybridized carbons (Fsp3) is 0.429. The molecule has 0 atom stereocenters. The zero-order valence-corrected chi connectivity index (χ0v) is 11.3. The highest BCUT2D eigenvalue weighted by Gasteiger charge is 2.08. The molecule has 0 aromatic carbocycles. The van der Waals surface area contributed by atoms with Crippen LogP contribution in [0.1, 0.15) is 26.3 Å². The van der Waals surface area contributed by atoms with Crippen LogP contribution in [0, 0.1) is 0 Å². The lowest BCUT2D eigenvalue weighted by atomic mass is 10.2. The molecule has 5 heteroatoms. The van der Waals surface area contributed by atoms with Gasteiger partial charge in [-0.15, -0.1) is 0 Å². The summed E-state index contributed by atoms with van der Waals surface area (Å²) in [4.78, 5) is 16.3. The van der Waals surface area contributed by atoms with Gasteiger partial charge in [-0.2, -0.15) is 4.98 Å². The van der Waals surface area contributed by atoms with Crippen molar-refractivity contribution in [3.8, 4) is 5.88 Å². The van der Waals surface area contributed by atoms with Crippen LogP contribution in [0.2, 0.25) is 0 Å². The van der Waals surface area contributed by atoms with E-state index >= 15 is 0 Å². The minimum absolute atomic E-state index is 0.0471. The van der Waals surface area contributed by atoms with Gasteiger partial charge < -0.3 is 10.5 Å². The fourth-order valence-electron chi connectivity index (χ4n) is 1.95. The molecule has 19 heavy (non-hydrogen) atoms. The maximum Gasteiger partial charge on any atom is 0.252 e. The zero-order chi connectivity index (χ0) is 13.8. The lowest BCUT2D eigenvalue weighted by Crippen LogP contribution is -2.22. The van der Waals surface area contributed by atoms with Crippen LogP contribution in [-0.4, -0.2) is 22.7 Å². The van der Waals surface area contributed by atoms with Crippen LogP contribution in [0.3, 0.4) is 0 Å². The molecule has 0 radical (unpaired) electrons. The monoisotopic (exact) mass is 261 g/mol. The topological polar surface area (TPSA) is 70.1 Å². The van der Waals surface area contributed by atoms with E-state index in [1.807, 2.05) is 26.0 Å². The van der Waals surface area contributed by atoms with Crippen molar-refractivity contribution in [3.05, 3.63) is 34.6 Å². The molecule has 0 saturated carbocycles. The van der Waals surface area contributed by atoms with Gasteiger partial charge in [0.2, 0.25) is 5.88 Å². The average molecular weight is 261 g/mol. The van der Waals surface area contributed by atoms with Crippen molar-refractivity contribution in [2.45, 2.75) is 26.3 Å². The molecule has 2 aromatic heterocycles. The number of aromatic nitrogens is 2. The number of ether oxygens (including phenoxy) is 1. The summed E-state index contributed by atoms with van der Waals surface area (Å²) in [6.07, 6.45) is 0.783. The Morgan fingerprint density at radius 2 is 2.05 bits per heavy atom. The van der Waals surface area contributed by atoms with Gasteiger partial charge in [0.05, 0.1) is 6.61 Å². The molecule has 0 amide bonds. The molecule has 0 spiro atoms. The average Bonchev–Trinajstić information content (AvgIpc) is 2.38. The molecule has 5 nitrogen and oxygen atoms in total. The summed E-state index contributed by atoms with van der Waals surface area (Å²) >= 11 is 0. The second-order valence-corrected chi connectivity index (χ2v) is 4.69. The van der Waals surface area contributed by atoms with E-state index in [1.165, 1.54) is 0 Å². The van der Waals surface area contributed by atoms with E-state index in [-0.39, 0.29) is 11.6 Å². The molecule has 0 aliphatic rings. The summed E-state index contributed by atoms with van der Waals surface area (Å²) in [6.45, 7) is 5.05. The molecule has 0 bridgehead atoms. The van der Waals surface area contributed by atoms with Crippen LogP contribution in [-0.2, 0) is 0 Å². The van der Waals surface area contributed by atoms with E-state index in [2.05, 4.69) is 4.98 Å². The summed E-state index contributed by atoms with van der Waals surface area (Å²) in [6, 6.07) is 7.14. The number of pyridine rings is 2. The molecule has 2 heterocycles. The van der Waals surface area contributed by atoms with E-state index in [9.17, 15) is 4.79 Å². The van der Waals surface area contributed by atoms with Gasteiger partial charge in [-0.25, -0.2) is 0 Å². The SMILES string of the molecule is CC(C)n1c(=O)ccc2ccc(OCCCN)nc21. The summed E-state index contributed by atoms with van der Waals surface area (Å²) in [5.41, 5.74) is 6.03. The van der Waals surface area contributed by atoms with Crippen LogP contribution in [0.4, 0.5) is 0 Å². The van der Waals surface area contributed by atoms with Gasteiger partial charge in [0.25, 0.3) is 5.56 Å². The van der Waals surface area contributed by atoms with Gasteiger partial charge in [-0.3, -0.25) is 9.36 Å². The Morgan fingerprint density at radius 1 is 1.32 bits per heavy atom. The lowest BCUT2D eigenvalue weighted by Gasteiger charge is -2.13. The van der Waals surface area contributed by atoms with Crippen molar-refractivity contribution in [1.29, 1.82) is 0 Å². The van der Waals surface area contributed by atoms with Crippen molar-refractivity contribution >= 4 is 11.0 Å². The van der Waals surface area contributed by atoms with Gasteiger partial charge in [0, 0.05) is 23.6 Å². The van der Waals surface area contributed by atoms with Crippen molar-refractivity contribution in [3.63, 3.8) is 0 Å². The smallest absolute Gasteiger partial charge is 0.252 e. The first-order valence-electron chi connectivity index (χ1n) is 6.48. The fourth-order valence-corrected chi connectivity index (χ4v) is 1.95. The number of nitrogens with two attached hydrogens (primary N) is 1. The van der Waals surface area contributed by atoms with E-state index in [4.69, 9.17) is 10.5 Å². The van der Waals surface area contributed by atoms with E-state index < -0.39 is 0 Å². The van der Waals surface area contributed by atoms with Crippen molar-refractivity contribution < 1.29 is 4.74 Å². The van der Waals surface area contributed by atoms with Gasteiger partial charge in [-0.1, -0.05) is 0 Å². The molecule has 2 N–H and O–H groups in total. The number of nitrogens with zero attached hydrogens (tertiary/aromatic N) is 2. The summed E-state index contributed by atoms with van der Waals surface area (Å²) in [5, 5.41) is 0.930. The minimum atomic E-state index is -0.0471. The van der Waals surface area contributed by atoms with Crippen molar-refractivity contribution in [2.24, 2.45) is 5.73 Å². The molecule has 102 valence electrons. The quantitative estimate of drug-likeness (QED) is 0.832. The van der Waals surface area contributed by atoms with Crippen molar-refractivity contribution in [2.75, 3.05) is 13.2 Å². The molecule has 0 aliphatic carbocycles. The minimum Gasteiger partial charge on any atom is -0.478 e. The van der Waals surface area contributed by atoms with Gasteiger partial charge in [-0.05, 0) is 38.9 Å². The Morgan fingerprint density at radius 3 is 2.74 bits per heavy atom. The molecular formula is C14H19N3O2. The second-order valence-electron chi connectivity index (χ2n) is 4.69. The predicted octanol–water partition coefficient (Wildman–Crippen LogP) is 1.70. The van der Waals surface area contributed by atoms with Gasteiger partial charge >= 0.3 is 0 Å². The summed E-state index contributed by atoms with van der Waals surface area (Å²) in [5.74, 6) is 0.529. The van der Waals surface area contributed by atoms with Crippen LogP contribution in [0.5, 0.6) is 5.88 Å². The van der Waals surface area contributed by atoms with Crippen molar-refractivity contribution in [1.82, 2.24) is 9.55 Å². The number of rotatable bonds is 5. The first-order valence-corrected chi connectivity index (χ1v) is 6.48. The molecule has 0 fully saturated rings. The molecule has 0 aliphatic heterocycles. The highest BCUT2D eigenvalue weighted by atomic mass is 16.5. The third kappa shape index (κ3) is 2.93. The lowest BCUT2D eigenvalue weighted by molar-refractivity contribution is 0.302. The van der Waals surface area contributed by atoms with Crippen LogP contribution < -0.4 is 16.0 Å². The Kier molecular flexibility index (Phi) is 4.16. The normalized spacial score (nSPS) is 11.2. The van der Waals surface area contributed by atoms with Crippen LogP contribution in [0.25, 0.3) is 11.0 Å². The Labute approximate surface area is 112 Å². The zero-order valence-electron chi connectivity index (χ0n) is 11.3. The van der Waals surface area contributed by atoms with Crippen LogP contribution >= 0.6 is 0 Å². The third-order valence-corrected chi connectivity index (χ3v) is 2.87.